The van der Waals surface area contributed by atoms with E-state index in [9.17, 15) is 4.79 Å². The average molecular weight is 486 g/mol. The number of hydrogen-bond acceptors (Lipinski definition) is 3. The monoisotopic (exact) mass is 485 g/mol. The number of fused-ring (bicyclic) bond motifs is 1. The van der Waals surface area contributed by atoms with Gasteiger partial charge in [0.1, 0.15) is 0 Å². The van der Waals surface area contributed by atoms with Gasteiger partial charge in [0.25, 0.3) is 0 Å². The van der Waals surface area contributed by atoms with Crippen molar-refractivity contribution in [3.8, 4) is 0 Å². The lowest BCUT2D eigenvalue weighted by Crippen LogP contribution is -2.34. The predicted molar refractivity (Wildman–Crippen MR) is 149 cm³/mol. The molecule has 0 saturated heterocycles. The van der Waals surface area contributed by atoms with Crippen molar-refractivity contribution in [2.24, 2.45) is 0 Å². The quantitative estimate of drug-likeness (QED) is 0.246. The number of benzene rings is 3. The zero-order valence-corrected chi connectivity index (χ0v) is 21.8. The van der Waals surface area contributed by atoms with Crippen LogP contribution in [0, 0.1) is 0 Å². The van der Waals surface area contributed by atoms with E-state index in [1.165, 1.54) is 16.7 Å². The third-order valence-corrected chi connectivity index (χ3v) is 6.79. The first-order valence-electron chi connectivity index (χ1n) is 12.4. The maximum atomic E-state index is 13.0. The summed E-state index contributed by atoms with van der Waals surface area (Å²) in [6, 6.07) is 24.1. The summed E-state index contributed by atoms with van der Waals surface area (Å²) >= 11 is 5.49. The van der Waals surface area contributed by atoms with Gasteiger partial charge in [-0.15, -0.1) is 0 Å². The highest BCUT2D eigenvalue weighted by atomic mass is 32.1. The van der Waals surface area contributed by atoms with Gasteiger partial charge in [-0.1, -0.05) is 81.4 Å². The number of anilines is 1. The molecule has 0 radical (unpaired) electrons. The molecule has 4 rings (SSSR count). The largest absolute Gasteiger partial charge is 0.362 e. The molecule has 1 heterocycles. The van der Waals surface area contributed by atoms with E-state index in [2.05, 4.69) is 60.6 Å². The van der Waals surface area contributed by atoms with E-state index < -0.39 is 0 Å². The Bertz CT molecular complexity index is 1180. The fourth-order valence-corrected chi connectivity index (χ4v) is 4.67. The summed E-state index contributed by atoms with van der Waals surface area (Å²) in [5, 5.41) is 7.10. The van der Waals surface area contributed by atoms with Crippen LogP contribution in [0.2, 0.25) is 0 Å². The molecule has 1 aliphatic rings. The maximum absolute atomic E-state index is 13.0. The van der Waals surface area contributed by atoms with Gasteiger partial charge >= 0.3 is 0 Å². The number of carbonyl (C=O) groups excluding carboxylic acids is 1. The van der Waals surface area contributed by atoms with Crippen molar-refractivity contribution in [3.05, 3.63) is 101 Å². The molecule has 0 saturated carbocycles. The molecule has 0 aliphatic carbocycles. The smallest absolute Gasteiger partial charge is 0.193 e. The lowest BCUT2D eigenvalue weighted by Gasteiger charge is -2.28. The van der Waals surface area contributed by atoms with E-state index in [1.54, 1.807) is 0 Å². The molecular formula is C30H35N3OS. The Morgan fingerprint density at radius 3 is 2.43 bits per heavy atom. The number of hydrogen-bond donors (Lipinski definition) is 2. The van der Waals surface area contributed by atoms with E-state index in [0.717, 1.165) is 44.7 Å². The first-order chi connectivity index (χ1) is 16.8. The van der Waals surface area contributed by atoms with Crippen molar-refractivity contribution >= 4 is 28.8 Å². The van der Waals surface area contributed by atoms with Gasteiger partial charge in [-0.25, -0.2) is 0 Å². The Labute approximate surface area is 214 Å². The van der Waals surface area contributed by atoms with Crippen LogP contribution in [0.25, 0.3) is 0 Å². The molecule has 0 aromatic heterocycles. The number of nitrogens with zero attached hydrogens (tertiary/aromatic N) is 1. The van der Waals surface area contributed by atoms with Gasteiger partial charge in [-0.05, 0) is 59.3 Å². The third-order valence-electron chi connectivity index (χ3n) is 6.54. The lowest BCUT2D eigenvalue weighted by atomic mass is 9.86. The Kier molecular flexibility index (Phi) is 7.99. The highest BCUT2D eigenvalue weighted by Crippen LogP contribution is 2.23. The minimum atomic E-state index is 0.0103. The van der Waals surface area contributed by atoms with E-state index in [4.69, 9.17) is 12.2 Å². The number of thiocarbonyl (C=S) groups is 1. The number of ketones is 1. The normalized spacial score (nSPS) is 13.7. The van der Waals surface area contributed by atoms with Crippen LogP contribution >= 0.6 is 12.2 Å². The maximum Gasteiger partial charge on any atom is 0.193 e. The summed E-state index contributed by atoms with van der Waals surface area (Å²) in [4.78, 5) is 15.5. The number of carbonyl (C=O) groups is 1. The Morgan fingerprint density at radius 2 is 1.69 bits per heavy atom. The first kappa shape index (κ1) is 25.1. The molecule has 0 atom stereocenters. The van der Waals surface area contributed by atoms with Crippen molar-refractivity contribution < 1.29 is 4.79 Å². The molecule has 0 spiro atoms. The van der Waals surface area contributed by atoms with Crippen molar-refractivity contribution in [2.45, 2.75) is 45.6 Å². The number of nitrogens with one attached hydrogen (secondary N) is 2. The molecular weight excluding hydrogens is 450 g/mol. The second-order valence-electron chi connectivity index (χ2n) is 10.3. The molecule has 3 aromatic carbocycles. The summed E-state index contributed by atoms with van der Waals surface area (Å²) < 4.78 is 0. The van der Waals surface area contributed by atoms with Gasteiger partial charge < -0.3 is 10.6 Å². The van der Waals surface area contributed by atoms with E-state index in [1.807, 2.05) is 48.5 Å². The second kappa shape index (κ2) is 11.1. The zero-order chi connectivity index (χ0) is 24.8. The van der Waals surface area contributed by atoms with Gasteiger partial charge in [0, 0.05) is 43.0 Å². The molecule has 5 heteroatoms. The third kappa shape index (κ3) is 6.77. The molecule has 0 amide bonds. The van der Waals surface area contributed by atoms with Crippen molar-refractivity contribution in [1.29, 1.82) is 0 Å². The van der Waals surface area contributed by atoms with Gasteiger partial charge in [-0.2, -0.15) is 0 Å². The fraction of sp³-hybridized carbons (Fsp3) is 0.333. The van der Waals surface area contributed by atoms with E-state index in [-0.39, 0.29) is 11.2 Å². The average Bonchev–Trinajstić information content (AvgIpc) is 2.86. The summed E-state index contributed by atoms with van der Waals surface area (Å²) in [6.45, 7) is 10.5. The number of rotatable bonds is 7. The second-order valence-corrected chi connectivity index (χ2v) is 10.7. The molecule has 0 bridgehead atoms. The minimum Gasteiger partial charge on any atom is -0.362 e. The van der Waals surface area contributed by atoms with Crippen molar-refractivity contribution in [3.63, 3.8) is 0 Å². The molecule has 3 aromatic rings. The molecule has 0 unspecified atom stereocenters. The van der Waals surface area contributed by atoms with Crippen LogP contribution in [0.4, 0.5) is 5.69 Å². The lowest BCUT2D eigenvalue weighted by molar-refractivity contribution is 0.103. The summed E-state index contributed by atoms with van der Waals surface area (Å²) in [5.74, 6) is 0.0103. The summed E-state index contributed by atoms with van der Waals surface area (Å²) in [7, 11) is 0. The van der Waals surface area contributed by atoms with Crippen LogP contribution in [0.5, 0.6) is 0 Å². The van der Waals surface area contributed by atoms with Gasteiger partial charge in [-0.3, -0.25) is 9.69 Å². The predicted octanol–water partition coefficient (Wildman–Crippen LogP) is 5.95. The SMILES string of the molecule is CC(C)(C)c1ccc(C(=O)c2cccc(NC(=S)NCCCN3CCc4ccccc4C3)c2)cc1. The van der Waals surface area contributed by atoms with Crippen LogP contribution in [0.15, 0.2) is 72.8 Å². The standard InChI is InChI=1S/C30H35N3OS/c1-30(2,3)26-14-12-23(13-15-26)28(34)24-10-6-11-27(20-24)32-29(35)31-17-7-18-33-19-16-22-8-4-5-9-25(22)21-33/h4-6,8-15,20H,7,16-19,21H2,1-3H3,(H2,31,32,35). The van der Waals surface area contributed by atoms with E-state index >= 15 is 0 Å². The van der Waals surface area contributed by atoms with Crippen LogP contribution in [-0.4, -0.2) is 35.4 Å². The zero-order valence-electron chi connectivity index (χ0n) is 20.9. The molecule has 35 heavy (non-hydrogen) atoms. The fourth-order valence-electron chi connectivity index (χ4n) is 4.45. The topological polar surface area (TPSA) is 44.4 Å². The van der Waals surface area contributed by atoms with Gasteiger partial charge in [0.05, 0.1) is 0 Å². The van der Waals surface area contributed by atoms with Crippen LogP contribution in [0.3, 0.4) is 0 Å². The Hall–Kier alpha value is -3.02. The Morgan fingerprint density at radius 1 is 0.943 bits per heavy atom. The molecule has 2 N–H and O–H groups in total. The van der Waals surface area contributed by atoms with Crippen LogP contribution in [-0.2, 0) is 18.4 Å². The van der Waals surface area contributed by atoms with Crippen molar-refractivity contribution in [2.75, 3.05) is 25.0 Å². The molecule has 182 valence electrons. The minimum absolute atomic E-state index is 0.0103. The van der Waals surface area contributed by atoms with E-state index in [0.29, 0.717) is 16.2 Å². The highest BCUT2D eigenvalue weighted by molar-refractivity contribution is 7.80. The molecule has 1 aliphatic heterocycles. The van der Waals surface area contributed by atoms with Crippen LogP contribution < -0.4 is 10.6 Å². The summed E-state index contributed by atoms with van der Waals surface area (Å²) in [5.41, 5.74) is 6.35. The van der Waals surface area contributed by atoms with Crippen LogP contribution in [0.1, 0.15) is 59.8 Å². The van der Waals surface area contributed by atoms with Gasteiger partial charge in [0.2, 0.25) is 0 Å². The van der Waals surface area contributed by atoms with Crippen molar-refractivity contribution in [1.82, 2.24) is 10.2 Å². The molecule has 4 nitrogen and oxygen atoms in total. The van der Waals surface area contributed by atoms with Gasteiger partial charge in [0.15, 0.2) is 10.9 Å². The summed E-state index contributed by atoms with van der Waals surface area (Å²) in [6.07, 6.45) is 2.15. The first-order valence-corrected chi connectivity index (χ1v) is 12.8. The Balaban J connectivity index is 1.24. The molecule has 0 fully saturated rings. The highest BCUT2D eigenvalue weighted by Gasteiger charge is 2.16.